The lowest BCUT2D eigenvalue weighted by Gasteiger charge is -2.69. The highest BCUT2D eigenvalue weighted by Gasteiger charge is 2.72. The van der Waals surface area contributed by atoms with Crippen LogP contribution in [0.15, 0.2) is 30.3 Å². The molecule has 3 aliphatic carbocycles. The summed E-state index contributed by atoms with van der Waals surface area (Å²) < 4.78 is 5.45. The number of ether oxygens (including phenoxy) is 1. The zero-order valence-electron chi connectivity index (χ0n) is 23.7. The number of nitrogens with zero attached hydrogens (tertiary/aromatic N) is 1. The van der Waals surface area contributed by atoms with E-state index in [2.05, 4.69) is 10.6 Å². The summed E-state index contributed by atoms with van der Waals surface area (Å²) in [5.74, 6) is -1.94. The van der Waals surface area contributed by atoms with Crippen molar-refractivity contribution < 1.29 is 29.0 Å². The number of rotatable bonds is 11. The minimum absolute atomic E-state index is 0.0848. The van der Waals surface area contributed by atoms with Crippen LogP contribution < -0.4 is 10.6 Å². The number of hydrogen-bond acceptors (Lipinski definition) is 5. The van der Waals surface area contributed by atoms with E-state index in [9.17, 15) is 24.3 Å². The van der Waals surface area contributed by atoms with Crippen molar-refractivity contribution in [1.82, 2.24) is 15.5 Å². The fourth-order valence-electron chi connectivity index (χ4n) is 5.83. The Hall–Kier alpha value is -3.10. The van der Waals surface area contributed by atoms with Crippen molar-refractivity contribution >= 4 is 23.9 Å². The molecule has 9 heteroatoms. The lowest BCUT2D eigenvalue weighted by atomic mass is 9.39. The molecule has 38 heavy (non-hydrogen) atoms. The van der Waals surface area contributed by atoms with E-state index in [0.717, 1.165) is 5.56 Å². The van der Waals surface area contributed by atoms with Crippen LogP contribution >= 0.6 is 0 Å². The third-order valence-electron chi connectivity index (χ3n) is 7.62. The molecule has 1 unspecified atom stereocenters. The predicted octanol–water partition coefficient (Wildman–Crippen LogP) is 3.76. The number of benzene rings is 1. The van der Waals surface area contributed by atoms with Gasteiger partial charge >= 0.3 is 12.1 Å². The first kappa shape index (κ1) is 29.5. The molecule has 0 spiro atoms. The standard InChI is InChI=1S/C29H43N3O6/c1-18(2)22(32(7)26(37)38-27(4,5)6)23(33)31-29-15-28(16-29,17-29)25(36)30-21(13-19(3)24(34)35)14-20-11-9-8-10-12-20/h8-12,18-19,21-22H,13-17H2,1-7H3,(H,30,36)(H,31,33)(H,34,35)/t19-,21+,22?,28?,29?/m0/s1. The van der Waals surface area contributed by atoms with Crippen molar-refractivity contribution in [3.05, 3.63) is 35.9 Å². The molecule has 3 fully saturated rings. The van der Waals surface area contributed by atoms with E-state index in [1.54, 1.807) is 34.7 Å². The van der Waals surface area contributed by atoms with Gasteiger partial charge in [0.05, 0.1) is 11.3 Å². The highest BCUT2D eigenvalue weighted by molar-refractivity contribution is 5.91. The van der Waals surface area contributed by atoms with Gasteiger partial charge in [-0.2, -0.15) is 0 Å². The summed E-state index contributed by atoms with van der Waals surface area (Å²) in [4.78, 5) is 52.0. The Morgan fingerprint density at radius 2 is 1.63 bits per heavy atom. The van der Waals surface area contributed by atoms with Crippen molar-refractivity contribution in [2.75, 3.05) is 7.05 Å². The molecule has 210 valence electrons. The number of amides is 3. The molecule has 1 aromatic rings. The molecule has 3 N–H and O–H groups in total. The van der Waals surface area contributed by atoms with Crippen LogP contribution in [0.5, 0.6) is 0 Å². The van der Waals surface area contributed by atoms with Crippen molar-refractivity contribution in [1.29, 1.82) is 0 Å². The number of carboxylic acids is 1. The van der Waals surface area contributed by atoms with Gasteiger partial charge in [0, 0.05) is 18.6 Å². The third-order valence-corrected chi connectivity index (χ3v) is 7.62. The molecule has 9 nitrogen and oxygen atoms in total. The third kappa shape index (κ3) is 6.66. The SMILES string of the molecule is CC(C)C(C(=O)NC12CC(C(=O)N[C@@H](Cc3ccccc3)C[C@H](C)C(=O)O)(C1)C2)N(C)C(=O)OC(C)(C)C. The van der Waals surface area contributed by atoms with Crippen molar-refractivity contribution in [3.63, 3.8) is 0 Å². The molecule has 3 saturated carbocycles. The first-order chi connectivity index (χ1) is 17.6. The Morgan fingerprint density at radius 1 is 1.05 bits per heavy atom. The molecular formula is C29H43N3O6. The number of carbonyl (C=O) groups is 4. The number of nitrogens with one attached hydrogen (secondary N) is 2. The summed E-state index contributed by atoms with van der Waals surface area (Å²) in [5, 5.41) is 15.6. The van der Waals surface area contributed by atoms with Crippen LogP contribution in [0.1, 0.15) is 72.8 Å². The normalized spacial score (nSPS) is 24.2. The van der Waals surface area contributed by atoms with Crippen LogP contribution in [0.4, 0.5) is 4.79 Å². The van der Waals surface area contributed by atoms with Gasteiger partial charge in [0.1, 0.15) is 11.6 Å². The molecule has 4 rings (SSSR count). The van der Waals surface area contributed by atoms with E-state index in [4.69, 9.17) is 4.74 Å². The van der Waals surface area contributed by atoms with Gasteiger partial charge in [-0.1, -0.05) is 51.1 Å². The monoisotopic (exact) mass is 529 g/mol. The van der Waals surface area contributed by atoms with Crippen LogP contribution in [-0.2, 0) is 25.5 Å². The second-order valence-electron chi connectivity index (χ2n) is 12.7. The fourth-order valence-corrected chi connectivity index (χ4v) is 5.83. The van der Waals surface area contributed by atoms with Gasteiger partial charge in [0.25, 0.3) is 0 Å². The van der Waals surface area contributed by atoms with Crippen molar-refractivity contribution in [2.24, 2.45) is 17.3 Å². The molecule has 3 amide bonds. The van der Waals surface area contributed by atoms with Gasteiger partial charge in [-0.15, -0.1) is 0 Å². The molecule has 0 radical (unpaired) electrons. The molecule has 0 heterocycles. The van der Waals surface area contributed by atoms with Crippen LogP contribution in [0.3, 0.4) is 0 Å². The van der Waals surface area contributed by atoms with Crippen molar-refractivity contribution in [2.45, 2.75) is 96.9 Å². The summed E-state index contributed by atoms with van der Waals surface area (Å²) in [7, 11) is 1.57. The smallest absolute Gasteiger partial charge is 0.410 e. The molecular weight excluding hydrogens is 486 g/mol. The molecule has 0 aliphatic heterocycles. The maximum Gasteiger partial charge on any atom is 0.410 e. The van der Waals surface area contributed by atoms with Crippen LogP contribution in [0.2, 0.25) is 0 Å². The lowest BCUT2D eigenvalue weighted by Crippen LogP contribution is -2.79. The Balaban J connectivity index is 1.60. The average Bonchev–Trinajstić information content (AvgIpc) is 2.74. The summed E-state index contributed by atoms with van der Waals surface area (Å²) in [6.45, 7) is 10.8. The topological polar surface area (TPSA) is 125 Å². The number of aliphatic carboxylic acids is 1. The molecule has 1 aromatic carbocycles. The quantitative estimate of drug-likeness (QED) is 0.401. The first-order valence-corrected chi connectivity index (χ1v) is 13.4. The zero-order chi connectivity index (χ0) is 28.5. The second-order valence-corrected chi connectivity index (χ2v) is 12.7. The average molecular weight is 530 g/mol. The molecule has 3 aliphatic rings. The van der Waals surface area contributed by atoms with E-state index in [1.165, 1.54) is 4.90 Å². The van der Waals surface area contributed by atoms with Gasteiger partial charge in [-0.3, -0.25) is 19.3 Å². The van der Waals surface area contributed by atoms with Crippen LogP contribution in [0.25, 0.3) is 0 Å². The number of likely N-dealkylation sites (N-methyl/N-ethyl adjacent to an activating group) is 1. The van der Waals surface area contributed by atoms with E-state index in [0.29, 0.717) is 32.1 Å². The van der Waals surface area contributed by atoms with Gasteiger partial charge < -0.3 is 20.5 Å². The van der Waals surface area contributed by atoms with E-state index in [-0.39, 0.29) is 23.8 Å². The van der Waals surface area contributed by atoms with Crippen LogP contribution in [-0.4, -0.2) is 64.2 Å². The minimum atomic E-state index is -0.888. The Kier molecular flexibility index (Phi) is 8.48. The molecule has 2 bridgehead atoms. The number of carboxylic acid groups (broad SMARTS) is 1. The first-order valence-electron chi connectivity index (χ1n) is 13.4. The van der Waals surface area contributed by atoms with E-state index < -0.39 is 40.6 Å². The Bertz CT molecular complexity index is 1030. The maximum atomic E-state index is 13.3. The summed E-state index contributed by atoms with van der Waals surface area (Å²) in [6.07, 6.45) is 1.93. The summed E-state index contributed by atoms with van der Waals surface area (Å²) in [6, 6.07) is 8.70. The molecule has 3 atom stereocenters. The summed E-state index contributed by atoms with van der Waals surface area (Å²) >= 11 is 0. The zero-order valence-corrected chi connectivity index (χ0v) is 23.7. The Morgan fingerprint density at radius 3 is 2.13 bits per heavy atom. The highest BCUT2D eigenvalue weighted by Crippen LogP contribution is 2.67. The lowest BCUT2D eigenvalue weighted by molar-refractivity contribution is -0.185. The Labute approximate surface area is 225 Å². The van der Waals surface area contributed by atoms with Gasteiger partial charge in [0.15, 0.2) is 0 Å². The maximum absolute atomic E-state index is 13.3. The highest BCUT2D eigenvalue weighted by atomic mass is 16.6. The molecule has 0 saturated heterocycles. The molecule has 0 aromatic heterocycles. The van der Waals surface area contributed by atoms with E-state index >= 15 is 0 Å². The van der Waals surface area contributed by atoms with Crippen molar-refractivity contribution in [3.8, 4) is 0 Å². The van der Waals surface area contributed by atoms with Gasteiger partial charge in [-0.05, 0) is 64.4 Å². The second kappa shape index (κ2) is 10.9. The van der Waals surface area contributed by atoms with Gasteiger partial charge in [-0.25, -0.2) is 4.79 Å². The minimum Gasteiger partial charge on any atom is -0.481 e. The predicted molar refractivity (Wildman–Crippen MR) is 143 cm³/mol. The number of carbonyl (C=O) groups excluding carboxylic acids is 3. The number of hydrogen-bond donors (Lipinski definition) is 3. The largest absolute Gasteiger partial charge is 0.481 e. The van der Waals surface area contributed by atoms with Crippen LogP contribution in [0, 0.1) is 17.3 Å². The van der Waals surface area contributed by atoms with E-state index in [1.807, 2.05) is 44.2 Å². The fraction of sp³-hybridized carbons (Fsp3) is 0.655. The summed E-state index contributed by atoms with van der Waals surface area (Å²) in [5.41, 5.74) is -0.624. The van der Waals surface area contributed by atoms with Gasteiger partial charge in [0.2, 0.25) is 11.8 Å².